The maximum Gasteiger partial charge on any atom is 0.267 e. The van der Waals surface area contributed by atoms with E-state index in [0.29, 0.717) is 22.9 Å². The Labute approximate surface area is 151 Å². The summed E-state index contributed by atoms with van der Waals surface area (Å²) in [7, 11) is 0. The second kappa shape index (κ2) is 9.46. The van der Waals surface area contributed by atoms with Gasteiger partial charge in [0.1, 0.15) is 5.82 Å². The van der Waals surface area contributed by atoms with Crippen LogP contribution in [0, 0.1) is 0 Å². The Bertz CT molecular complexity index is 625. The maximum absolute atomic E-state index is 11.5. The van der Waals surface area contributed by atoms with E-state index in [9.17, 15) is 9.59 Å². The number of hydroxylamine groups is 1. The molecule has 7 nitrogen and oxygen atoms in total. The van der Waals surface area contributed by atoms with Gasteiger partial charge in [-0.1, -0.05) is 11.6 Å². The quantitative estimate of drug-likeness (QED) is 0.426. The number of halogens is 2. The lowest BCUT2D eigenvalue weighted by Crippen LogP contribution is -2.44. The fourth-order valence-corrected chi connectivity index (χ4v) is 2.66. The van der Waals surface area contributed by atoms with Crippen LogP contribution in [0.3, 0.4) is 0 Å². The number of likely N-dealkylation sites (tertiary alicyclic amines) is 1. The number of carbonyl (C=O) groups is 2. The molecule has 132 valence electrons. The first-order chi connectivity index (χ1) is 11.0. The molecule has 1 aliphatic heterocycles. The standard InChI is InChI=1S/C15H19ClN4O3.ClH/c1-10(21)20-6-2-3-12(9-20)18-15-13(16)7-11(8-17-15)4-5-14(22)19-23;/h4-5,7-8,12,23H,2-3,6,9H2,1H3,(H,17,18)(H,19,22);1H/t12-;/m1./s1. The molecule has 24 heavy (non-hydrogen) atoms. The molecule has 0 bridgehead atoms. The van der Waals surface area contributed by atoms with Gasteiger partial charge in [0.15, 0.2) is 0 Å². The summed E-state index contributed by atoms with van der Waals surface area (Å²) < 4.78 is 0. The van der Waals surface area contributed by atoms with E-state index in [-0.39, 0.29) is 24.4 Å². The van der Waals surface area contributed by atoms with Crippen LogP contribution in [-0.2, 0) is 9.59 Å². The van der Waals surface area contributed by atoms with Crippen molar-refractivity contribution in [2.24, 2.45) is 0 Å². The minimum Gasteiger partial charge on any atom is -0.364 e. The second-order valence-corrected chi connectivity index (χ2v) is 5.76. The number of rotatable bonds is 4. The average Bonchev–Trinajstić information content (AvgIpc) is 2.55. The van der Waals surface area contributed by atoms with Gasteiger partial charge in [0.25, 0.3) is 5.91 Å². The molecule has 9 heteroatoms. The van der Waals surface area contributed by atoms with Crippen molar-refractivity contribution in [1.82, 2.24) is 15.4 Å². The zero-order valence-electron chi connectivity index (χ0n) is 13.2. The van der Waals surface area contributed by atoms with Crippen LogP contribution < -0.4 is 10.8 Å². The van der Waals surface area contributed by atoms with E-state index in [1.165, 1.54) is 17.6 Å². The molecule has 3 N–H and O–H groups in total. The SMILES string of the molecule is CC(=O)N1CCC[C@@H](Nc2ncc(C=CC(=O)NO)cc2Cl)C1.Cl. The van der Waals surface area contributed by atoms with E-state index in [1.54, 1.807) is 24.1 Å². The molecule has 0 spiro atoms. The molecule has 1 fully saturated rings. The summed E-state index contributed by atoms with van der Waals surface area (Å²) in [6.45, 7) is 2.98. The zero-order valence-corrected chi connectivity index (χ0v) is 14.7. The number of carbonyl (C=O) groups excluding carboxylic acids is 2. The monoisotopic (exact) mass is 374 g/mol. The summed E-state index contributed by atoms with van der Waals surface area (Å²) >= 11 is 6.21. The third-order valence-electron chi connectivity index (χ3n) is 3.61. The van der Waals surface area contributed by atoms with Crippen molar-refractivity contribution in [3.63, 3.8) is 0 Å². The highest BCUT2D eigenvalue weighted by atomic mass is 35.5. The first kappa shape index (κ1) is 20.2. The highest BCUT2D eigenvalue weighted by molar-refractivity contribution is 6.33. The average molecular weight is 375 g/mol. The van der Waals surface area contributed by atoms with E-state index in [2.05, 4.69) is 10.3 Å². The van der Waals surface area contributed by atoms with Crippen LogP contribution in [-0.4, -0.2) is 46.0 Å². The summed E-state index contributed by atoms with van der Waals surface area (Å²) in [6, 6.07) is 1.78. The Hall–Kier alpha value is -1.83. The lowest BCUT2D eigenvalue weighted by Gasteiger charge is -2.32. The van der Waals surface area contributed by atoms with Gasteiger partial charge >= 0.3 is 0 Å². The summed E-state index contributed by atoms with van der Waals surface area (Å²) in [5, 5.41) is 12.1. The summed E-state index contributed by atoms with van der Waals surface area (Å²) in [6.07, 6.45) is 6.12. The van der Waals surface area contributed by atoms with Crippen LogP contribution in [0.25, 0.3) is 6.08 Å². The Kier molecular flexibility index (Phi) is 7.97. The molecular formula is C15H20Cl2N4O3. The van der Waals surface area contributed by atoms with Crippen molar-refractivity contribution in [2.45, 2.75) is 25.8 Å². The number of nitrogens with one attached hydrogen (secondary N) is 2. The van der Waals surface area contributed by atoms with E-state index in [1.807, 2.05) is 0 Å². The first-order valence-electron chi connectivity index (χ1n) is 7.29. The minimum absolute atomic E-state index is 0. The molecule has 0 saturated carbocycles. The molecule has 1 atom stereocenters. The molecule has 2 heterocycles. The highest BCUT2D eigenvalue weighted by Crippen LogP contribution is 2.23. The van der Waals surface area contributed by atoms with Gasteiger partial charge in [0.05, 0.1) is 5.02 Å². The molecule has 0 aliphatic carbocycles. The summed E-state index contributed by atoms with van der Waals surface area (Å²) in [5.41, 5.74) is 2.14. The van der Waals surface area contributed by atoms with Gasteiger partial charge in [-0.3, -0.25) is 14.8 Å². The fraction of sp³-hybridized carbons (Fsp3) is 0.400. The molecule has 2 amide bonds. The number of nitrogens with zero attached hydrogens (tertiary/aromatic N) is 2. The van der Waals surface area contributed by atoms with Crippen molar-refractivity contribution in [3.8, 4) is 0 Å². The van der Waals surface area contributed by atoms with Crippen LogP contribution in [0.4, 0.5) is 5.82 Å². The summed E-state index contributed by atoms with van der Waals surface area (Å²) in [4.78, 5) is 28.5. The molecule has 2 rings (SSSR count). The van der Waals surface area contributed by atoms with Crippen LogP contribution in [0.5, 0.6) is 0 Å². The molecule has 0 unspecified atom stereocenters. The fourth-order valence-electron chi connectivity index (χ4n) is 2.43. The molecule has 0 radical (unpaired) electrons. The van der Waals surface area contributed by atoms with Crippen molar-refractivity contribution < 1.29 is 14.8 Å². The largest absolute Gasteiger partial charge is 0.364 e. The van der Waals surface area contributed by atoms with Crippen molar-refractivity contribution in [2.75, 3.05) is 18.4 Å². The molecular weight excluding hydrogens is 355 g/mol. The number of amides is 2. The predicted molar refractivity (Wildman–Crippen MR) is 94.4 cm³/mol. The first-order valence-corrected chi connectivity index (χ1v) is 7.67. The minimum atomic E-state index is -0.630. The van der Waals surface area contributed by atoms with E-state index >= 15 is 0 Å². The van der Waals surface area contributed by atoms with Gasteiger partial charge in [-0.05, 0) is 30.5 Å². The Morgan fingerprint density at radius 3 is 2.88 bits per heavy atom. The number of aromatic nitrogens is 1. The van der Waals surface area contributed by atoms with Gasteiger partial charge in [-0.25, -0.2) is 10.5 Å². The third-order valence-corrected chi connectivity index (χ3v) is 3.90. The maximum atomic E-state index is 11.5. The van der Waals surface area contributed by atoms with E-state index < -0.39 is 5.91 Å². The number of anilines is 1. The number of pyridine rings is 1. The van der Waals surface area contributed by atoms with Gasteiger partial charge in [-0.2, -0.15) is 0 Å². The Morgan fingerprint density at radius 1 is 1.50 bits per heavy atom. The van der Waals surface area contributed by atoms with E-state index in [0.717, 1.165) is 19.4 Å². The smallest absolute Gasteiger partial charge is 0.267 e. The Balaban J connectivity index is 0.00000288. The zero-order chi connectivity index (χ0) is 16.8. The Morgan fingerprint density at radius 2 is 2.25 bits per heavy atom. The molecule has 1 saturated heterocycles. The van der Waals surface area contributed by atoms with Crippen LogP contribution in [0.2, 0.25) is 5.02 Å². The normalized spacial score (nSPS) is 17.3. The number of hydrogen-bond acceptors (Lipinski definition) is 5. The van der Waals surface area contributed by atoms with Crippen molar-refractivity contribution in [1.29, 1.82) is 0 Å². The lowest BCUT2D eigenvalue weighted by atomic mass is 10.1. The number of hydrogen-bond donors (Lipinski definition) is 3. The van der Waals surface area contributed by atoms with Gasteiger partial charge in [0, 0.05) is 38.3 Å². The van der Waals surface area contributed by atoms with Gasteiger partial charge < -0.3 is 10.2 Å². The van der Waals surface area contributed by atoms with Crippen LogP contribution in [0.15, 0.2) is 18.3 Å². The van der Waals surface area contributed by atoms with E-state index in [4.69, 9.17) is 16.8 Å². The molecule has 0 aromatic carbocycles. The van der Waals surface area contributed by atoms with Crippen LogP contribution in [0.1, 0.15) is 25.3 Å². The second-order valence-electron chi connectivity index (χ2n) is 5.36. The topological polar surface area (TPSA) is 94.6 Å². The predicted octanol–water partition coefficient (Wildman–Crippen LogP) is 2.10. The highest BCUT2D eigenvalue weighted by Gasteiger charge is 2.22. The van der Waals surface area contributed by atoms with Crippen LogP contribution >= 0.6 is 24.0 Å². The molecule has 1 aromatic heterocycles. The molecule has 1 aliphatic rings. The third kappa shape index (κ3) is 5.67. The lowest BCUT2D eigenvalue weighted by molar-refractivity contribution is -0.129. The van der Waals surface area contributed by atoms with Gasteiger partial charge in [0.2, 0.25) is 5.91 Å². The summed E-state index contributed by atoms with van der Waals surface area (Å²) in [5.74, 6) is -0.0149. The molecule has 1 aromatic rings. The number of piperidine rings is 1. The van der Waals surface area contributed by atoms with Crippen molar-refractivity contribution in [3.05, 3.63) is 28.9 Å². The van der Waals surface area contributed by atoms with Gasteiger partial charge in [-0.15, -0.1) is 12.4 Å². The van der Waals surface area contributed by atoms with Crippen molar-refractivity contribution >= 4 is 47.7 Å².